The summed E-state index contributed by atoms with van der Waals surface area (Å²) in [6.45, 7) is 3.58. The van der Waals surface area contributed by atoms with Gasteiger partial charge >= 0.3 is 0 Å². The summed E-state index contributed by atoms with van der Waals surface area (Å²) in [4.78, 5) is 23.0. The van der Waals surface area contributed by atoms with E-state index in [1.807, 2.05) is 55.5 Å². The number of fused-ring (bicyclic) bond motifs is 1. The number of non-ortho nitro benzene ring substituents is 1. The zero-order valence-corrected chi connectivity index (χ0v) is 18.5. The first-order chi connectivity index (χ1) is 15.8. The van der Waals surface area contributed by atoms with E-state index in [9.17, 15) is 14.9 Å². The molecule has 1 atom stereocenters. The number of carbonyl (C=O) groups excluding carboxylic acids is 1. The molecule has 0 aliphatic rings. The highest BCUT2D eigenvalue weighted by Gasteiger charge is 2.20. The minimum Gasteiger partial charge on any atom is -0.463 e. The van der Waals surface area contributed by atoms with E-state index >= 15 is 0 Å². The van der Waals surface area contributed by atoms with Crippen LogP contribution in [0.2, 0.25) is 5.02 Å². The minimum absolute atomic E-state index is 0.0532. The van der Waals surface area contributed by atoms with Crippen LogP contribution in [0.15, 0.2) is 66.7 Å². The molecule has 0 saturated heterocycles. The molecule has 0 fully saturated rings. The molecule has 0 spiro atoms. The average Bonchev–Trinajstić information content (AvgIpc) is 2.81. The van der Waals surface area contributed by atoms with Gasteiger partial charge < -0.3 is 10.1 Å². The van der Waals surface area contributed by atoms with Gasteiger partial charge in [0.25, 0.3) is 11.6 Å². The second kappa shape index (κ2) is 9.22. The lowest BCUT2D eigenvalue weighted by molar-refractivity contribution is -0.384. The number of nitro groups is 1. The summed E-state index contributed by atoms with van der Waals surface area (Å²) in [6.07, 6.45) is -0.931. The molecule has 0 unspecified atom stereocenters. The number of carbonyl (C=O) groups is 1. The van der Waals surface area contributed by atoms with Crippen LogP contribution in [0, 0.1) is 17.0 Å². The largest absolute Gasteiger partial charge is 0.463 e. The predicted molar refractivity (Wildman–Crippen MR) is 127 cm³/mol. The second-order valence-corrected chi connectivity index (χ2v) is 7.84. The number of benzene rings is 3. The molecule has 4 rings (SSSR count). The average molecular weight is 463 g/mol. The van der Waals surface area contributed by atoms with E-state index < -0.39 is 16.9 Å². The number of rotatable bonds is 6. The van der Waals surface area contributed by atoms with Crippen LogP contribution in [0.25, 0.3) is 22.0 Å². The first-order valence-electron chi connectivity index (χ1n) is 10.1. The third kappa shape index (κ3) is 4.75. The number of hydrogen-bond acceptors (Lipinski definition) is 6. The highest BCUT2D eigenvalue weighted by atomic mass is 35.5. The van der Waals surface area contributed by atoms with E-state index in [0.717, 1.165) is 21.9 Å². The normalized spacial score (nSPS) is 11.7. The molecule has 4 aromatic rings. The fourth-order valence-corrected chi connectivity index (χ4v) is 3.49. The Balaban J connectivity index is 1.57. The van der Waals surface area contributed by atoms with Gasteiger partial charge in [-0.1, -0.05) is 59.6 Å². The summed E-state index contributed by atoms with van der Waals surface area (Å²) in [5.41, 5.74) is 2.86. The van der Waals surface area contributed by atoms with Gasteiger partial charge in [-0.15, -0.1) is 10.2 Å². The van der Waals surface area contributed by atoms with Gasteiger partial charge in [0.05, 0.1) is 15.6 Å². The summed E-state index contributed by atoms with van der Waals surface area (Å²) in [7, 11) is 0. The lowest BCUT2D eigenvalue weighted by Gasteiger charge is -2.16. The maximum absolute atomic E-state index is 12.7. The predicted octanol–water partition coefficient (Wildman–Crippen LogP) is 5.57. The quantitative estimate of drug-likeness (QED) is 0.296. The number of halogens is 1. The number of nitrogens with one attached hydrogen (secondary N) is 1. The maximum atomic E-state index is 12.7. The van der Waals surface area contributed by atoms with Gasteiger partial charge in [-0.3, -0.25) is 14.9 Å². The van der Waals surface area contributed by atoms with Crippen molar-refractivity contribution in [3.8, 4) is 17.1 Å². The van der Waals surface area contributed by atoms with Gasteiger partial charge in [-0.25, -0.2) is 0 Å². The first kappa shape index (κ1) is 22.2. The van der Waals surface area contributed by atoms with E-state index in [1.54, 1.807) is 6.92 Å². The van der Waals surface area contributed by atoms with Crippen molar-refractivity contribution in [1.29, 1.82) is 0 Å². The smallest absolute Gasteiger partial charge is 0.271 e. The summed E-state index contributed by atoms with van der Waals surface area (Å²) in [6, 6.07) is 19.3. The highest BCUT2D eigenvalue weighted by Crippen LogP contribution is 2.32. The zero-order valence-electron chi connectivity index (χ0n) is 17.8. The number of hydrogen-bond donors (Lipinski definition) is 1. The van der Waals surface area contributed by atoms with Crippen molar-refractivity contribution in [3.05, 3.63) is 87.4 Å². The van der Waals surface area contributed by atoms with Gasteiger partial charge in [-0.2, -0.15) is 0 Å². The van der Waals surface area contributed by atoms with E-state index in [1.165, 1.54) is 18.2 Å². The summed E-state index contributed by atoms with van der Waals surface area (Å²) < 4.78 is 5.84. The van der Waals surface area contributed by atoms with E-state index in [-0.39, 0.29) is 22.3 Å². The topological polar surface area (TPSA) is 107 Å². The molecule has 9 heteroatoms. The SMILES string of the molecule is Cc1ccc(-c2nnc(O[C@@H](C)C(=O)Nc3ccc([N+](=O)[O-])cc3Cl)c3ccccc23)cc1. The number of amides is 1. The molecule has 8 nitrogen and oxygen atoms in total. The van der Waals surface area contributed by atoms with Crippen molar-refractivity contribution in [2.75, 3.05) is 5.32 Å². The van der Waals surface area contributed by atoms with Crippen LogP contribution in [0.5, 0.6) is 5.88 Å². The Morgan fingerprint density at radius 3 is 2.42 bits per heavy atom. The molecule has 1 amide bonds. The van der Waals surface area contributed by atoms with Crippen LogP contribution in [0.3, 0.4) is 0 Å². The molecule has 0 radical (unpaired) electrons. The van der Waals surface area contributed by atoms with Crippen LogP contribution in [-0.4, -0.2) is 27.1 Å². The number of anilines is 1. The van der Waals surface area contributed by atoms with E-state index in [2.05, 4.69) is 15.5 Å². The van der Waals surface area contributed by atoms with E-state index in [4.69, 9.17) is 16.3 Å². The number of nitrogens with zero attached hydrogens (tertiary/aromatic N) is 3. The fraction of sp³-hybridized carbons (Fsp3) is 0.125. The van der Waals surface area contributed by atoms with Crippen LogP contribution in [0.4, 0.5) is 11.4 Å². The Labute approximate surface area is 194 Å². The molecule has 3 aromatic carbocycles. The van der Waals surface area contributed by atoms with Gasteiger partial charge in [-0.05, 0) is 26.0 Å². The molecular weight excluding hydrogens is 444 g/mol. The van der Waals surface area contributed by atoms with Gasteiger partial charge in [0.2, 0.25) is 5.88 Å². The Bertz CT molecular complexity index is 1360. The van der Waals surface area contributed by atoms with Gasteiger partial charge in [0.1, 0.15) is 5.69 Å². The lowest BCUT2D eigenvalue weighted by atomic mass is 10.0. The van der Waals surface area contributed by atoms with Gasteiger partial charge in [0.15, 0.2) is 6.10 Å². The standard InChI is InChI=1S/C24H19ClN4O4/c1-14-7-9-16(10-8-14)22-18-5-3-4-6-19(18)24(28-27-22)33-15(2)23(30)26-21-12-11-17(29(31)32)13-20(21)25/h3-13,15H,1-2H3,(H,26,30)/t15-/m0/s1. The molecule has 0 aliphatic carbocycles. The zero-order chi connectivity index (χ0) is 23.5. The maximum Gasteiger partial charge on any atom is 0.271 e. The second-order valence-electron chi connectivity index (χ2n) is 7.44. The summed E-state index contributed by atoms with van der Waals surface area (Å²) >= 11 is 6.06. The molecule has 1 N–H and O–H groups in total. The van der Waals surface area contributed by atoms with Crippen LogP contribution in [0.1, 0.15) is 12.5 Å². The van der Waals surface area contributed by atoms with Crippen molar-refractivity contribution in [1.82, 2.24) is 10.2 Å². The Morgan fingerprint density at radius 1 is 1.06 bits per heavy atom. The fourth-order valence-electron chi connectivity index (χ4n) is 3.27. The van der Waals surface area contributed by atoms with Crippen molar-refractivity contribution < 1.29 is 14.5 Å². The van der Waals surface area contributed by atoms with Crippen LogP contribution < -0.4 is 10.1 Å². The van der Waals surface area contributed by atoms with Crippen molar-refractivity contribution in [3.63, 3.8) is 0 Å². The van der Waals surface area contributed by atoms with Crippen molar-refractivity contribution in [2.24, 2.45) is 0 Å². The molecule has 0 saturated carbocycles. The summed E-state index contributed by atoms with van der Waals surface area (Å²) in [5, 5.41) is 23.7. The molecule has 0 aliphatic heterocycles. The first-order valence-corrected chi connectivity index (χ1v) is 10.4. The minimum atomic E-state index is -0.931. The number of aryl methyl sites for hydroxylation is 1. The lowest BCUT2D eigenvalue weighted by Crippen LogP contribution is -2.30. The Hall–Kier alpha value is -4.04. The molecule has 1 heterocycles. The van der Waals surface area contributed by atoms with Gasteiger partial charge in [0, 0.05) is 28.5 Å². The molecular formula is C24H19ClN4O4. The molecule has 1 aromatic heterocycles. The molecule has 0 bridgehead atoms. The third-order valence-corrected chi connectivity index (χ3v) is 5.37. The van der Waals surface area contributed by atoms with E-state index in [0.29, 0.717) is 5.69 Å². The van der Waals surface area contributed by atoms with Crippen molar-refractivity contribution >= 4 is 39.7 Å². The number of ether oxygens (including phenoxy) is 1. The van der Waals surface area contributed by atoms with Crippen LogP contribution >= 0.6 is 11.6 Å². The Morgan fingerprint density at radius 2 is 1.76 bits per heavy atom. The monoisotopic (exact) mass is 462 g/mol. The number of nitro benzene ring substituents is 1. The molecule has 33 heavy (non-hydrogen) atoms. The highest BCUT2D eigenvalue weighted by molar-refractivity contribution is 6.34. The Kier molecular flexibility index (Phi) is 6.19. The third-order valence-electron chi connectivity index (χ3n) is 5.06. The van der Waals surface area contributed by atoms with Crippen LogP contribution in [-0.2, 0) is 4.79 Å². The molecule has 166 valence electrons. The summed E-state index contributed by atoms with van der Waals surface area (Å²) in [5.74, 6) is -0.266. The van der Waals surface area contributed by atoms with Crippen molar-refractivity contribution in [2.45, 2.75) is 20.0 Å². The number of aromatic nitrogens is 2.